The Bertz CT molecular complexity index is 1100. The van der Waals surface area contributed by atoms with Crippen molar-refractivity contribution in [3.8, 4) is 5.75 Å². The maximum atomic E-state index is 12.7. The summed E-state index contributed by atoms with van der Waals surface area (Å²) in [6, 6.07) is 11.9. The lowest BCUT2D eigenvalue weighted by atomic mass is 10.1. The van der Waals surface area contributed by atoms with Crippen LogP contribution in [0.15, 0.2) is 42.6 Å². The second-order valence-corrected chi connectivity index (χ2v) is 8.02. The molecule has 0 bridgehead atoms. The summed E-state index contributed by atoms with van der Waals surface area (Å²) in [7, 11) is 1.65. The first kappa shape index (κ1) is 20.0. The van der Waals surface area contributed by atoms with E-state index >= 15 is 0 Å². The lowest BCUT2D eigenvalue weighted by Crippen LogP contribution is -2.30. The molecule has 1 saturated heterocycles. The smallest absolute Gasteiger partial charge is 0.229 e. The minimum Gasteiger partial charge on any atom is -0.497 e. The number of carbonyl (C=O) groups excluding carboxylic acids is 2. The fourth-order valence-corrected chi connectivity index (χ4v) is 4.02. The Morgan fingerprint density at radius 3 is 2.87 bits per heavy atom. The number of H-pyrrole nitrogens is 1. The van der Waals surface area contributed by atoms with Crippen LogP contribution in [0.5, 0.6) is 5.75 Å². The molecule has 1 fully saturated rings. The normalized spacial score (nSPS) is 16.3. The molecule has 2 heterocycles. The Morgan fingerprint density at radius 2 is 2.07 bits per heavy atom. The molecule has 4 rings (SSSR count). The summed E-state index contributed by atoms with van der Waals surface area (Å²) in [6.45, 7) is 5.02. The predicted molar refractivity (Wildman–Crippen MR) is 118 cm³/mol. The van der Waals surface area contributed by atoms with Gasteiger partial charge in [-0.15, -0.1) is 0 Å². The fourth-order valence-electron chi connectivity index (χ4n) is 4.02. The van der Waals surface area contributed by atoms with Gasteiger partial charge in [-0.05, 0) is 61.2 Å². The first-order valence-electron chi connectivity index (χ1n) is 10.2. The van der Waals surface area contributed by atoms with E-state index in [9.17, 15) is 9.59 Å². The highest BCUT2D eigenvalue weighted by Crippen LogP contribution is 2.26. The van der Waals surface area contributed by atoms with Crippen LogP contribution in [0.1, 0.15) is 23.1 Å². The number of nitrogens with one attached hydrogen (secondary N) is 2. The third-order valence-corrected chi connectivity index (χ3v) is 5.86. The molecule has 2 aromatic carbocycles. The van der Waals surface area contributed by atoms with Crippen LogP contribution in [-0.4, -0.2) is 41.9 Å². The number of nitrogens with zero attached hydrogens (tertiary/aromatic N) is 1. The number of hydrogen-bond acceptors (Lipinski definition) is 3. The third-order valence-electron chi connectivity index (χ3n) is 5.86. The van der Waals surface area contributed by atoms with Crippen molar-refractivity contribution in [1.29, 1.82) is 0 Å². The molecule has 1 atom stereocenters. The molecule has 3 aromatic rings. The van der Waals surface area contributed by atoms with Gasteiger partial charge in [0.05, 0.1) is 13.0 Å². The summed E-state index contributed by atoms with van der Waals surface area (Å²) in [5.41, 5.74) is 5.11. The van der Waals surface area contributed by atoms with Crippen LogP contribution in [0.25, 0.3) is 10.9 Å². The molecule has 1 aromatic heterocycles. The van der Waals surface area contributed by atoms with Crippen molar-refractivity contribution in [1.82, 2.24) is 9.88 Å². The van der Waals surface area contributed by atoms with Crippen molar-refractivity contribution >= 4 is 28.4 Å². The highest BCUT2D eigenvalue weighted by molar-refractivity contribution is 5.97. The molecule has 30 heavy (non-hydrogen) atoms. The van der Waals surface area contributed by atoms with E-state index in [1.165, 1.54) is 0 Å². The number of carbonyl (C=O) groups is 2. The van der Waals surface area contributed by atoms with Gasteiger partial charge in [0.15, 0.2) is 0 Å². The summed E-state index contributed by atoms with van der Waals surface area (Å²) < 4.78 is 5.32. The number of fused-ring (bicyclic) bond motifs is 1. The SMILES string of the molecule is COc1ccc2[nH]cc(CCN3CC(C(=O)Nc4cc(C)ccc4C)CC3=O)c2c1. The Kier molecular flexibility index (Phi) is 5.48. The number of benzene rings is 2. The zero-order valence-electron chi connectivity index (χ0n) is 17.6. The molecule has 2 N–H and O–H groups in total. The Hall–Kier alpha value is -3.28. The molecule has 2 amide bonds. The highest BCUT2D eigenvalue weighted by Gasteiger charge is 2.34. The summed E-state index contributed by atoms with van der Waals surface area (Å²) in [4.78, 5) is 30.3. The van der Waals surface area contributed by atoms with Crippen LogP contribution in [0, 0.1) is 19.8 Å². The van der Waals surface area contributed by atoms with Crippen LogP contribution < -0.4 is 10.1 Å². The van der Waals surface area contributed by atoms with Gasteiger partial charge in [0.2, 0.25) is 11.8 Å². The third kappa shape index (κ3) is 4.03. The number of aromatic nitrogens is 1. The molecule has 0 saturated carbocycles. The number of ether oxygens (including phenoxy) is 1. The van der Waals surface area contributed by atoms with E-state index in [1.807, 2.05) is 56.4 Å². The summed E-state index contributed by atoms with van der Waals surface area (Å²) >= 11 is 0. The monoisotopic (exact) mass is 405 g/mol. The molecule has 1 unspecified atom stereocenters. The number of aryl methyl sites for hydroxylation is 2. The molecule has 0 radical (unpaired) electrons. The van der Waals surface area contributed by atoms with Crippen LogP contribution in [0.2, 0.25) is 0 Å². The van der Waals surface area contributed by atoms with Crippen molar-refractivity contribution in [3.05, 3.63) is 59.3 Å². The van der Waals surface area contributed by atoms with Crippen molar-refractivity contribution in [2.24, 2.45) is 5.92 Å². The first-order chi connectivity index (χ1) is 14.4. The van der Waals surface area contributed by atoms with Gasteiger partial charge in [-0.1, -0.05) is 12.1 Å². The molecular formula is C24H27N3O3. The number of aromatic amines is 1. The first-order valence-corrected chi connectivity index (χ1v) is 10.2. The van der Waals surface area contributed by atoms with E-state index in [1.54, 1.807) is 12.0 Å². The quantitative estimate of drug-likeness (QED) is 0.655. The average Bonchev–Trinajstić information content (AvgIpc) is 3.31. The molecule has 0 spiro atoms. The Labute approximate surface area is 176 Å². The number of likely N-dealkylation sites (tertiary alicyclic amines) is 1. The standard InChI is InChI=1S/C24H27N3O3/c1-15-4-5-16(2)22(10-15)26-24(29)18-11-23(28)27(14-18)9-8-17-13-25-21-7-6-19(30-3)12-20(17)21/h4-7,10,12-13,18,25H,8-9,11,14H2,1-3H3,(H,26,29). The van der Waals surface area contributed by atoms with E-state index in [0.29, 0.717) is 13.1 Å². The summed E-state index contributed by atoms with van der Waals surface area (Å²) in [5, 5.41) is 4.11. The second kappa shape index (κ2) is 8.22. The molecule has 0 aliphatic carbocycles. The summed E-state index contributed by atoms with van der Waals surface area (Å²) in [6.07, 6.45) is 2.97. The number of hydrogen-bond donors (Lipinski definition) is 2. The minimum absolute atomic E-state index is 0.0357. The molecule has 1 aliphatic rings. The molecule has 156 valence electrons. The molecular weight excluding hydrogens is 378 g/mol. The van der Waals surface area contributed by atoms with Crippen molar-refractivity contribution < 1.29 is 14.3 Å². The topological polar surface area (TPSA) is 74.4 Å². The van der Waals surface area contributed by atoms with E-state index in [4.69, 9.17) is 4.74 Å². The van der Waals surface area contributed by atoms with Gasteiger partial charge in [-0.2, -0.15) is 0 Å². The number of anilines is 1. The van der Waals surface area contributed by atoms with Gasteiger partial charge >= 0.3 is 0 Å². The van der Waals surface area contributed by atoms with Gasteiger partial charge in [-0.3, -0.25) is 9.59 Å². The van der Waals surface area contributed by atoms with Gasteiger partial charge in [0.1, 0.15) is 5.75 Å². The zero-order valence-corrected chi connectivity index (χ0v) is 17.6. The maximum absolute atomic E-state index is 12.7. The van der Waals surface area contributed by atoms with Crippen LogP contribution in [0.4, 0.5) is 5.69 Å². The Balaban J connectivity index is 1.39. The van der Waals surface area contributed by atoms with E-state index in [2.05, 4.69) is 10.3 Å². The molecule has 6 nitrogen and oxygen atoms in total. The van der Waals surface area contributed by atoms with Gasteiger partial charge in [0, 0.05) is 42.3 Å². The number of rotatable bonds is 6. The lowest BCUT2D eigenvalue weighted by molar-refractivity contribution is -0.128. The zero-order chi connectivity index (χ0) is 21.3. The highest BCUT2D eigenvalue weighted by atomic mass is 16.5. The Morgan fingerprint density at radius 1 is 1.23 bits per heavy atom. The average molecular weight is 405 g/mol. The second-order valence-electron chi connectivity index (χ2n) is 8.02. The van der Waals surface area contributed by atoms with Gasteiger partial charge in [-0.25, -0.2) is 0 Å². The van der Waals surface area contributed by atoms with E-state index in [-0.39, 0.29) is 24.2 Å². The van der Waals surface area contributed by atoms with Crippen LogP contribution >= 0.6 is 0 Å². The van der Waals surface area contributed by atoms with Crippen molar-refractivity contribution in [2.75, 3.05) is 25.5 Å². The fraction of sp³-hybridized carbons (Fsp3) is 0.333. The predicted octanol–water partition coefficient (Wildman–Crippen LogP) is 3.82. The van der Waals surface area contributed by atoms with Gasteiger partial charge in [0.25, 0.3) is 0 Å². The minimum atomic E-state index is -0.319. The van der Waals surface area contributed by atoms with Crippen LogP contribution in [-0.2, 0) is 16.0 Å². The number of amides is 2. The maximum Gasteiger partial charge on any atom is 0.229 e. The number of methoxy groups -OCH3 is 1. The molecule has 1 aliphatic heterocycles. The van der Waals surface area contributed by atoms with E-state index in [0.717, 1.165) is 45.5 Å². The van der Waals surface area contributed by atoms with Crippen LogP contribution in [0.3, 0.4) is 0 Å². The van der Waals surface area contributed by atoms with Crippen molar-refractivity contribution in [3.63, 3.8) is 0 Å². The van der Waals surface area contributed by atoms with Gasteiger partial charge < -0.3 is 19.9 Å². The lowest BCUT2D eigenvalue weighted by Gasteiger charge is -2.17. The molecule has 6 heteroatoms. The summed E-state index contributed by atoms with van der Waals surface area (Å²) in [5.74, 6) is 0.439. The largest absolute Gasteiger partial charge is 0.497 e. The van der Waals surface area contributed by atoms with E-state index < -0.39 is 0 Å². The van der Waals surface area contributed by atoms with Crippen molar-refractivity contribution in [2.45, 2.75) is 26.7 Å².